The van der Waals surface area contributed by atoms with E-state index in [0.717, 1.165) is 6.33 Å². The quantitative estimate of drug-likeness (QED) is 0.464. The van der Waals surface area contributed by atoms with Gasteiger partial charge in [-0.1, -0.05) is 0 Å². The SMILES string of the molecule is C[C@@]12CC[C@](CCOc3cc(C(F)(F)F)ncn3)(O1)C1C(=O)N(c3ccc(C#N)c4ncccc34)C(=O)[C@@H]12. The van der Waals surface area contributed by atoms with Crippen LogP contribution in [0.25, 0.3) is 10.9 Å². The number of rotatable bonds is 5. The highest BCUT2D eigenvalue weighted by Crippen LogP contribution is 2.62. The lowest BCUT2D eigenvalue weighted by Crippen LogP contribution is -2.43. The van der Waals surface area contributed by atoms with Gasteiger partial charge in [0.25, 0.3) is 0 Å². The number of benzene rings is 1. The molecule has 2 bridgehead atoms. The van der Waals surface area contributed by atoms with Crippen LogP contribution in [0.4, 0.5) is 18.9 Å². The normalized spacial score (nSPS) is 28.1. The second kappa shape index (κ2) is 8.19. The Bertz CT molecular complexity index is 1540. The van der Waals surface area contributed by atoms with Crippen LogP contribution in [0.1, 0.15) is 37.4 Å². The molecule has 0 saturated carbocycles. The molecule has 38 heavy (non-hydrogen) atoms. The average molecular weight is 523 g/mol. The molecule has 3 saturated heterocycles. The Balaban J connectivity index is 1.30. The van der Waals surface area contributed by atoms with E-state index in [-0.39, 0.29) is 24.8 Å². The van der Waals surface area contributed by atoms with E-state index in [2.05, 4.69) is 21.0 Å². The van der Waals surface area contributed by atoms with Gasteiger partial charge in [0.05, 0.1) is 46.4 Å². The maximum absolute atomic E-state index is 13.9. The van der Waals surface area contributed by atoms with Crippen LogP contribution >= 0.6 is 0 Å². The molecule has 3 aromatic rings. The number of pyridine rings is 1. The van der Waals surface area contributed by atoms with E-state index in [0.29, 0.717) is 41.1 Å². The summed E-state index contributed by atoms with van der Waals surface area (Å²) in [6, 6.07) is 9.28. The highest BCUT2D eigenvalue weighted by molar-refractivity contribution is 6.26. The van der Waals surface area contributed by atoms with Gasteiger partial charge in [-0.3, -0.25) is 14.6 Å². The van der Waals surface area contributed by atoms with E-state index >= 15 is 0 Å². The van der Waals surface area contributed by atoms with Gasteiger partial charge in [-0.15, -0.1) is 0 Å². The van der Waals surface area contributed by atoms with Gasteiger partial charge in [0, 0.05) is 24.1 Å². The summed E-state index contributed by atoms with van der Waals surface area (Å²) >= 11 is 0. The minimum atomic E-state index is -4.64. The average Bonchev–Trinajstić information content (AvgIpc) is 3.47. The van der Waals surface area contributed by atoms with Gasteiger partial charge >= 0.3 is 6.18 Å². The van der Waals surface area contributed by atoms with Crippen molar-refractivity contribution in [2.75, 3.05) is 11.5 Å². The third-order valence-electron chi connectivity index (χ3n) is 7.83. The van der Waals surface area contributed by atoms with Crippen molar-refractivity contribution < 1.29 is 32.2 Å². The molecule has 194 valence electrons. The first-order valence-corrected chi connectivity index (χ1v) is 12.0. The van der Waals surface area contributed by atoms with Crippen LogP contribution in [-0.2, 0) is 20.5 Å². The van der Waals surface area contributed by atoms with Crippen molar-refractivity contribution in [3.05, 3.63) is 54.1 Å². The number of carbonyl (C=O) groups is 2. The second-order valence-corrected chi connectivity index (χ2v) is 9.93. The molecule has 0 N–H and O–H groups in total. The number of fused-ring (bicyclic) bond motifs is 6. The third kappa shape index (κ3) is 3.45. The zero-order chi connectivity index (χ0) is 26.9. The van der Waals surface area contributed by atoms with E-state index < -0.39 is 40.8 Å². The first-order valence-electron chi connectivity index (χ1n) is 12.0. The molecule has 0 spiro atoms. The summed E-state index contributed by atoms with van der Waals surface area (Å²) in [6.07, 6.45) is -1.11. The Morgan fingerprint density at radius 3 is 2.71 bits per heavy atom. The number of alkyl halides is 3. The molecule has 12 heteroatoms. The summed E-state index contributed by atoms with van der Waals surface area (Å²) in [6.45, 7) is 1.74. The molecule has 5 heterocycles. The fourth-order valence-electron chi connectivity index (χ4n) is 6.19. The predicted octanol–water partition coefficient (Wildman–Crippen LogP) is 3.81. The molecule has 4 atom stereocenters. The van der Waals surface area contributed by atoms with Gasteiger partial charge in [0.15, 0.2) is 5.69 Å². The minimum absolute atomic E-state index is 0.0706. The van der Waals surface area contributed by atoms with Crippen molar-refractivity contribution in [1.82, 2.24) is 15.0 Å². The van der Waals surface area contributed by atoms with Crippen LogP contribution in [0.15, 0.2) is 42.9 Å². The van der Waals surface area contributed by atoms with Crippen LogP contribution in [0, 0.1) is 23.2 Å². The molecular formula is C26H20F3N5O4. The van der Waals surface area contributed by atoms with Gasteiger partial charge in [-0.25, -0.2) is 14.9 Å². The number of nitrogens with zero attached hydrogens (tertiary/aromatic N) is 5. The fourth-order valence-corrected chi connectivity index (χ4v) is 6.19. The van der Waals surface area contributed by atoms with Crippen molar-refractivity contribution in [3.63, 3.8) is 0 Å². The molecule has 2 amide bonds. The molecule has 3 aliphatic rings. The topological polar surface area (TPSA) is 118 Å². The van der Waals surface area contributed by atoms with E-state index in [4.69, 9.17) is 9.47 Å². The summed E-state index contributed by atoms with van der Waals surface area (Å²) in [5.41, 5.74) is -1.94. The number of imide groups is 1. The lowest BCUT2D eigenvalue weighted by atomic mass is 9.67. The number of ether oxygens (including phenoxy) is 2. The van der Waals surface area contributed by atoms with Crippen molar-refractivity contribution in [2.24, 2.45) is 11.8 Å². The maximum Gasteiger partial charge on any atom is 0.433 e. The Morgan fingerprint density at radius 1 is 1.16 bits per heavy atom. The van der Waals surface area contributed by atoms with Crippen LogP contribution in [-0.4, -0.2) is 44.6 Å². The highest BCUT2D eigenvalue weighted by Gasteiger charge is 2.73. The third-order valence-corrected chi connectivity index (χ3v) is 7.83. The van der Waals surface area contributed by atoms with E-state index in [9.17, 15) is 28.0 Å². The lowest BCUT2D eigenvalue weighted by molar-refractivity contribution is -0.141. The maximum atomic E-state index is 13.9. The van der Waals surface area contributed by atoms with Crippen LogP contribution in [0.5, 0.6) is 5.88 Å². The summed E-state index contributed by atoms with van der Waals surface area (Å²) in [4.78, 5) is 40.0. The van der Waals surface area contributed by atoms with Gasteiger partial charge in [0.2, 0.25) is 17.7 Å². The highest BCUT2D eigenvalue weighted by atomic mass is 19.4. The zero-order valence-corrected chi connectivity index (χ0v) is 20.0. The lowest BCUT2D eigenvalue weighted by Gasteiger charge is -2.31. The molecule has 6 rings (SSSR count). The number of hydrogen-bond donors (Lipinski definition) is 0. The Kier molecular flexibility index (Phi) is 5.23. The Hall–Kier alpha value is -4.11. The first kappa shape index (κ1) is 24.2. The van der Waals surface area contributed by atoms with E-state index in [1.165, 1.54) is 17.2 Å². The summed E-state index contributed by atoms with van der Waals surface area (Å²) in [5, 5.41) is 9.97. The molecule has 9 nitrogen and oxygen atoms in total. The molecular weight excluding hydrogens is 503 g/mol. The van der Waals surface area contributed by atoms with Gasteiger partial charge < -0.3 is 9.47 Å². The monoisotopic (exact) mass is 523 g/mol. The molecule has 0 aliphatic carbocycles. The number of carbonyl (C=O) groups excluding carboxylic acids is 2. The molecule has 0 radical (unpaired) electrons. The molecule has 1 aromatic carbocycles. The number of amides is 2. The standard InChI is InChI=1S/C26H20F3N5O4/c1-24-6-7-25(38-24,8-10-37-18-11-17(26(27,28)29)32-13-33-18)20-19(24)22(35)34(23(20)36)16-5-4-14(12-30)21-15(16)3-2-9-31-21/h2-5,9,11,13,19-20H,6-8,10H2,1H3/t19-,20?,24+,25-/m1/s1. The van der Waals surface area contributed by atoms with Crippen molar-refractivity contribution in [2.45, 2.75) is 43.6 Å². The van der Waals surface area contributed by atoms with Gasteiger partial charge in [0.1, 0.15) is 12.4 Å². The van der Waals surface area contributed by atoms with Crippen molar-refractivity contribution in [3.8, 4) is 11.9 Å². The first-order chi connectivity index (χ1) is 18.1. The van der Waals surface area contributed by atoms with Crippen LogP contribution in [0.2, 0.25) is 0 Å². The van der Waals surface area contributed by atoms with Crippen LogP contribution in [0.3, 0.4) is 0 Å². The number of nitriles is 1. The van der Waals surface area contributed by atoms with Gasteiger partial charge in [-0.2, -0.15) is 18.4 Å². The molecule has 2 aromatic heterocycles. The molecule has 1 unspecified atom stereocenters. The summed E-state index contributed by atoms with van der Waals surface area (Å²) in [5.74, 6) is -2.55. The summed E-state index contributed by atoms with van der Waals surface area (Å²) in [7, 11) is 0. The second-order valence-electron chi connectivity index (χ2n) is 9.93. The molecule has 3 fully saturated rings. The largest absolute Gasteiger partial charge is 0.477 e. The predicted molar refractivity (Wildman–Crippen MR) is 125 cm³/mol. The Morgan fingerprint density at radius 2 is 1.95 bits per heavy atom. The minimum Gasteiger partial charge on any atom is -0.477 e. The van der Waals surface area contributed by atoms with E-state index in [1.54, 1.807) is 18.2 Å². The smallest absolute Gasteiger partial charge is 0.433 e. The number of anilines is 1. The van der Waals surface area contributed by atoms with Crippen molar-refractivity contribution in [1.29, 1.82) is 5.26 Å². The van der Waals surface area contributed by atoms with E-state index in [1.807, 2.05) is 6.92 Å². The number of aromatic nitrogens is 3. The van der Waals surface area contributed by atoms with Gasteiger partial charge in [-0.05, 0) is 44.0 Å². The number of hydrogen-bond acceptors (Lipinski definition) is 8. The number of halogens is 3. The fraction of sp³-hybridized carbons (Fsp3) is 0.385. The molecule has 3 aliphatic heterocycles. The Labute approximate surface area is 214 Å². The van der Waals surface area contributed by atoms with Crippen molar-refractivity contribution >= 4 is 28.4 Å². The summed E-state index contributed by atoms with van der Waals surface area (Å²) < 4.78 is 50.8. The zero-order valence-electron chi connectivity index (χ0n) is 20.0. The van der Waals surface area contributed by atoms with Crippen LogP contribution < -0.4 is 9.64 Å².